The lowest BCUT2D eigenvalue weighted by molar-refractivity contribution is 0.0964. The van der Waals surface area contributed by atoms with Gasteiger partial charge in [0.25, 0.3) is 5.91 Å². The lowest BCUT2D eigenvalue weighted by Gasteiger charge is -2.09. The lowest BCUT2D eigenvalue weighted by atomic mass is 10.1. The van der Waals surface area contributed by atoms with Gasteiger partial charge in [-0.1, -0.05) is 42.0 Å². The summed E-state index contributed by atoms with van der Waals surface area (Å²) in [5.74, 6) is -0.836. The van der Waals surface area contributed by atoms with Gasteiger partial charge in [-0.05, 0) is 42.0 Å². The molecule has 0 atom stereocenters. The fourth-order valence-corrected chi connectivity index (χ4v) is 2.38. The Kier molecular flexibility index (Phi) is 4.16. The Bertz CT molecular complexity index is 918. The number of anilines is 1. The predicted octanol–water partition coefficient (Wildman–Crippen LogP) is 3.82. The highest BCUT2D eigenvalue weighted by atomic mass is 16.3. The number of aromatic hydroxyl groups is 1. The number of amides is 3. The molecule has 5 nitrogen and oxygen atoms in total. The Balaban J connectivity index is 1.75. The SMILES string of the molecule is Cc1ccc(NC(=O)NC(=O)c2cc3ccccc3cc2O)cc1. The van der Waals surface area contributed by atoms with Gasteiger partial charge in [-0.15, -0.1) is 0 Å². The van der Waals surface area contributed by atoms with Gasteiger partial charge < -0.3 is 10.4 Å². The van der Waals surface area contributed by atoms with Gasteiger partial charge in [0.2, 0.25) is 0 Å². The maximum atomic E-state index is 12.2. The van der Waals surface area contributed by atoms with Crippen LogP contribution in [0.25, 0.3) is 10.8 Å². The van der Waals surface area contributed by atoms with Crippen molar-refractivity contribution < 1.29 is 14.7 Å². The van der Waals surface area contributed by atoms with Crippen LogP contribution in [0.3, 0.4) is 0 Å². The minimum atomic E-state index is -0.664. The zero-order valence-corrected chi connectivity index (χ0v) is 13.0. The van der Waals surface area contributed by atoms with Gasteiger partial charge in [0.05, 0.1) is 5.56 Å². The van der Waals surface area contributed by atoms with E-state index in [1.165, 1.54) is 6.07 Å². The maximum Gasteiger partial charge on any atom is 0.326 e. The molecule has 3 rings (SSSR count). The summed E-state index contributed by atoms with van der Waals surface area (Å²) < 4.78 is 0. The van der Waals surface area contributed by atoms with Crippen molar-refractivity contribution in [1.82, 2.24) is 5.32 Å². The third kappa shape index (κ3) is 3.35. The summed E-state index contributed by atoms with van der Waals surface area (Å²) in [4.78, 5) is 24.2. The topological polar surface area (TPSA) is 78.4 Å². The summed E-state index contributed by atoms with van der Waals surface area (Å²) in [6.07, 6.45) is 0. The number of hydrogen-bond acceptors (Lipinski definition) is 3. The summed E-state index contributed by atoms with van der Waals surface area (Å²) in [7, 11) is 0. The van der Waals surface area contributed by atoms with Gasteiger partial charge in [0.1, 0.15) is 5.75 Å². The molecule has 0 spiro atoms. The molecular weight excluding hydrogens is 304 g/mol. The highest BCUT2D eigenvalue weighted by Gasteiger charge is 2.15. The second-order valence-electron chi connectivity index (χ2n) is 5.49. The van der Waals surface area contributed by atoms with Gasteiger partial charge in [-0.2, -0.15) is 0 Å². The highest BCUT2D eigenvalue weighted by molar-refractivity contribution is 6.10. The Labute approximate surface area is 138 Å². The monoisotopic (exact) mass is 320 g/mol. The first-order chi connectivity index (χ1) is 11.5. The summed E-state index contributed by atoms with van der Waals surface area (Å²) >= 11 is 0. The molecule has 0 bridgehead atoms. The first kappa shape index (κ1) is 15.6. The zero-order chi connectivity index (χ0) is 17.1. The molecule has 0 aliphatic carbocycles. The minimum Gasteiger partial charge on any atom is -0.507 e. The van der Waals surface area contributed by atoms with E-state index in [9.17, 15) is 14.7 Å². The van der Waals surface area contributed by atoms with Crippen molar-refractivity contribution in [3.05, 3.63) is 71.8 Å². The minimum absolute atomic E-state index is 0.0488. The van der Waals surface area contributed by atoms with E-state index >= 15 is 0 Å². The lowest BCUT2D eigenvalue weighted by Crippen LogP contribution is -2.34. The molecule has 3 amide bonds. The number of benzene rings is 3. The van der Waals surface area contributed by atoms with E-state index in [4.69, 9.17) is 0 Å². The third-order valence-corrected chi connectivity index (χ3v) is 3.65. The van der Waals surface area contributed by atoms with Gasteiger partial charge >= 0.3 is 6.03 Å². The summed E-state index contributed by atoms with van der Waals surface area (Å²) in [6.45, 7) is 1.94. The molecule has 3 aromatic carbocycles. The average Bonchev–Trinajstić information content (AvgIpc) is 2.56. The third-order valence-electron chi connectivity index (χ3n) is 3.65. The fraction of sp³-hybridized carbons (Fsp3) is 0.0526. The molecule has 0 saturated carbocycles. The van der Waals surface area contributed by atoms with Crippen molar-refractivity contribution in [2.24, 2.45) is 0 Å². The van der Waals surface area contributed by atoms with Crippen LogP contribution in [0.15, 0.2) is 60.7 Å². The van der Waals surface area contributed by atoms with E-state index in [0.717, 1.165) is 16.3 Å². The molecular formula is C19H16N2O3. The second-order valence-corrected chi connectivity index (χ2v) is 5.49. The number of phenolic OH excluding ortho intramolecular Hbond substituents is 1. The number of phenols is 1. The highest BCUT2D eigenvalue weighted by Crippen LogP contribution is 2.24. The molecule has 5 heteroatoms. The molecule has 120 valence electrons. The molecule has 0 saturated heterocycles. The van der Waals surface area contributed by atoms with Crippen LogP contribution in [0.1, 0.15) is 15.9 Å². The molecule has 0 aliphatic heterocycles. The molecule has 24 heavy (non-hydrogen) atoms. The Hall–Kier alpha value is -3.34. The Morgan fingerprint density at radius 2 is 1.54 bits per heavy atom. The first-order valence-corrected chi connectivity index (χ1v) is 7.44. The number of urea groups is 1. The molecule has 0 unspecified atom stereocenters. The smallest absolute Gasteiger partial charge is 0.326 e. The van der Waals surface area contributed by atoms with E-state index in [0.29, 0.717) is 5.69 Å². The van der Waals surface area contributed by atoms with Crippen LogP contribution in [0.4, 0.5) is 10.5 Å². The van der Waals surface area contributed by atoms with Crippen LogP contribution < -0.4 is 10.6 Å². The van der Waals surface area contributed by atoms with Crippen molar-refractivity contribution in [2.75, 3.05) is 5.32 Å². The van der Waals surface area contributed by atoms with E-state index in [-0.39, 0.29) is 11.3 Å². The molecule has 0 aromatic heterocycles. The van der Waals surface area contributed by atoms with Gasteiger partial charge in [-0.3, -0.25) is 10.1 Å². The molecule has 3 aromatic rings. The van der Waals surface area contributed by atoms with Gasteiger partial charge in [-0.25, -0.2) is 4.79 Å². The van der Waals surface area contributed by atoms with Crippen LogP contribution in [-0.4, -0.2) is 17.0 Å². The largest absolute Gasteiger partial charge is 0.507 e. The van der Waals surface area contributed by atoms with Crippen LogP contribution in [0.2, 0.25) is 0 Å². The second kappa shape index (κ2) is 6.42. The summed E-state index contributed by atoms with van der Waals surface area (Å²) in [6, 6.07) is 16.9. The van der Waals surface area contributed by atoms with Crippen LogP contribution in [0, 0.1) is 6.92 Å². The van der Waals surface area contributed by atoms with Crippen LogP contribution >= 0.6 is 0 Å². The van der Waals surface area contributed by atoms with Gasteiger partial charge in [0, 0.05) is 5.69 Å². The Morgan fingerprint density at radius 1 is 0.917 bits per heavy atom. The zero-order valence-electron chi connectivity index (χ0n) is 13.0. The number of hydrogen-bond donors (Lipinski definition) is 3. The molecule has 0 radical (unpaired) electrons. The maximum absolute atomic E-state index is 12.2. The fourth-order valence-electron chi connectivity index (χ4n) is 2.38. The van der Waals surface area contributed by atoms with Crippen LogP contribution in [-0.2, 0) is 0 Å². The van der Waals surface area contributed by atoms with Crippen molar-refractivity contribution in [3.63, 3.8) is 0 Å². The average molecular weight is 320 g/mol. The summed E-state index contributed by atoms with van der Waals surface area (Å²) in [5.41, 5.74) is 1.69. The predicted molar refractivity (Wildman–Crippen MR) is 93.3 cm³/mol. The molecule has 0 aliphatic rings. The Morgan fingerprint density at radius 3 is 2.21 bits per heavy atom. The van der Waals surface area contributed by atoms with Crippen molar-refractivity contribution >= 4 is 28.4 Å². The normalized spacial score (nSPS) is 10.4. The van der Waals surface area contributed by atoms with Crippen molar-refractivity contribution in [1.29, 1.82) is 0 Å². The molecule has 0 fully saturated rings. The van der Waals surface area contributed by atoms with Gasteiger partial charge in [0.15, 0.2) is 0 Å². The van der Waals surface area contributed by atoms with Crippen molar-refractivity contribution in [2.45, 2.75) is 6.92 Å². The van der Waals surface area contributed by atoms with Crippen LogP contribution in [0.5, 0.6) is 5.75 Å². The number of aryl methyl sites for hydroxylation is 1. The van der Waals surface area contributed by atoms with E-state index in [2.05, 4.69) is 10.6 Å². The number of carbonyl (C=O) groups excluding carboxylic acids is 2. The van der Waals surface area contributed by atoms with Crippen molar-refractivity contribution in [3.8, 4) is 5.75 Å². The molecule has 0 heterocycles. The molecule has 3 N–H and O–H groups in total. The number of rotatable bonds is 2. The number of nitrogens with one attached hydrogen (secondary N) is 2. The quantitative estimate of drug-likeness (QED) is 0.672. The van der Waals surface area contributed by atoms with E-state index in [1.807, 2.05) is 43.3 Å². The van der Waals surface area contributed by atoms with E-state index < -0.39 is 11.9 Å². The van der Waals surface area contributed by atoms with E-state index in [1.54, 1.807) is 18.2 Å². The number of fused-ring (bicyclic) bond motifs is 1. The standard InChI is InChI=1S/C19H16N2O3/c1-12-6-8-15(9-7-12)20-19(24)21-18(23)16-10-13-4-2-3-5-14(13)11-17(16)22/h2-11,22H,1H3,(H2,20,21,23,24). The number of carbonyl (C=O) groups is 2. The number of imide groups is 1. The summed E-state index contributed by atoms with van der Waals surface area (Å²) in [5, 5.41) is 16.4. The first-order valence-electron chi connectivity index (χ1n) is 7.44.